The second kappa shape index (κ2) is 8.17. The quantitative estimate of drug-likeness (QED) is 0.542. The molecule has 7 nitrogen and oxygen atoms in total. The topological polar surface area (TPSA) is 135 Å². The number of alkyl halides is 3. The molecule has 1 aromatic heterocycles. The SMILES string of the molecule is Cc1ccc(C(O)(C(N)=O)C(F)(F)F)cc1-c1cnc(N)c(C#CC(C)(O)C(C)C)n1. The van der Waals surface area contributed by atoms with Crippen LogP contribution in [-0.4, -0.2) is 37.9 Å². The summed E-state index contributed by atoms with van der Waals surface area (Å²) in [5.41, 5.74) is 5.47. The maximum atomic E-state index is 13.4. The predicted octanol–water partition coefficient (Wildman–Crippen LogP) is 2.03. The molecule has 2 atom stereocenters. The monoisotopic (exact) mass is 436 g/mol. The number of nitrogens with two attached hydrogens (primary N) is 2. The van der Waals surface area contributed by atoms with Crippen molar-refractivity contribution in [2.75, 3.05) is 5.73 Å². The Balaban J connectivity index is 2.65. The summed E-state index contributed by atoms with van der Waals surface area (Å²) in [6.07, 6.45) is -4.11. The minimum atomic E-state index is -5.34. The molecule has 31 heavy (non-hydrogen) atoms. The molecule has 1 heterocycles. The molecule has 10 heteroatoms. The second-order valence-electron chi connectivity index (χ2n) is 7.64. The number of benzene rings is 1. The van der Waals surface area contributed by atoms with Gasteiger partial charge in [0.05, 0.1) is 11.9 Å². The van der Waals surface area contributed by atoms with E-state index < -0.39 is 28.8 Å². The molecule has 0 radical (unpaired) electrons. The highest BCUT2D eigenvalue weighted by Crippen LogP contribution is 2.40. The number of amides is 1. The maximum Gasteiger partial charge on any atom is 0.430 e. The van der Waals surface area contributed by atoms with Crippen LogP contribution in [0.4, 0.5) is 19.0 Å². The Bertz CT molecular complexity index is 1070. The van der Waals surface area contributed by atoms with Gasteiger partial charge in [0.1, 0.15) is 5.60 Å². The van der Waals surface area contributed by atoms with Crippen molar-refractivity contribution in [3.8, 4) is 23.1 Å². The first kappa shape index (κ1) is 24.1. The summed E-state index contributed by atoms with van der Waals surface area (Å²) in [7, 11) is 0. The van der Waals surface area contributed by atoms with Crippen molar-refractivity contribution >= 4 is 11.7 Å². The van der Waals surface area contributed by atoms with E-state index in [4.69, 9.17) is 11.5 Å². The highest BCUT2D eigenvalue weighted by Gasteiger charge is 2.60. The maximum absolute atomic E-state index is 13.4. The molecule has 0 aliphatic heterocycles. The fourth-order valence-electron chi connectivity index (χ4n) is 2.52. The van der Waals surface area contributed by atoms with E-state index in [1.54, 1.807) is 20.8 Å². The minimum Gasteiger partial charge on any atom is -0.381 e. The molecular formula is C21H23F3N4O3. The zero-order chi connectivity index (χ0) is 23.8. The van der Waals surface area contributed by atoms with E-state index in [1.165, 1.54) is 19.2 Å². The molecule has 2 rings (SSSR count). The molecule has 166 valence electrons. The number of anilines is 1. The van der Waals surface area contributed by atoms with Gasteiger partial charge in [-0.2, -0.15) is 13.2 Å². The first-order valence-electron chi connectivity index (χ1n) is 9.19. The van der Waals surface area contributed by atoms with Crippen LogP contribution in [-0.2, 0) is 10.4 Å². The Morgan fingerprint density at radius 1 is 1.23 bits per heavy atom. The van der Waals surface area contributed by atoms with E-state index in [0.717, 1.165) is 12.1 Å². The number of primary amides is 1. The molecular weight excluding hydrogens is 413 g/mol. The number of hydrogen-bond donors (Lipinski definition) is 4. The van der Waals surface area contributed by atoms with Gasteiger partial charge in [-0.1, -0.05) is 31.9 Å². The van der Waals surface area contributed by atoms with Crippen LogP contribution in [0.15, 0.2) is 24.4 Å². The van der Waals surface area contributed by atoms with Crippen LogP contribution < -0.4 is 11.5 Å². The number of nitrogens with zero attached hydrogens (tertiary/aromatic N) is 2. The largest absolute Gasteiger partial charge is 0.430 e. The van der Waals surface area contributed by atoms with Crippen LogP contribution in [0.3, 0.4) is 0 Å². The van der Waals surface area contributed by atoms with Crippen LogP contribution in [0.25, 0.3) is 11.3 Å². The Morgan fingerprint density at radius 2 is 1.84 bits per heavy atom. The van der Waals surface area contributed by atoms with Crippen molar-refractivity contribution in [3.05, 3.63) is 41.2 Å². The third-order valence-corrected chi connectivity index (χ3v) is 5.06. The van der Waals surface area contributed by atoms with Crippen molar-refractivity contribution in [2.45, 2.75) is 45.1 Å². The molecule has 0 bridgehead atoms. The summed E-state index contributed by atoms with van der Waals surface area (Å²) in [5.74, 6) is 3.12. The normalized spacial score (nSPS) is 15.5. The lowest BCUT2D eigenvalue weighted by atomic mass is 9.89. The predicted molar refractivity (Wildman–Crippen MR) is 108 cm³/mol. The Labute approximate surface area is 177 Å². The van der Waals surface area contributed by atoms with Gasteiger partial charge in [0.15, 0.2) is 11.5 Å². The van der Waals surface area contributed by atoms with Crippen LogP contribution in [0.1, 0.15) is 37.6 Å². The fourth-order valence-corrected chi connectivity index (χ4v) is 2.52. The number of aromatic nitrogens is 2. The van der Waals surface area contributed by atoms with Gasteiger partial charge in [-0.05, 0) is 37.3 Å². The highest BCUT2D eigenvalue weighted by atomic mass is 19.4. The number of aliphatic hydroxyl groups is 2. The van der Waals surface area contributed by atoms with Gasteiger partial charge in [0.2, 0.25) is 0 Å². The molecule has 2 unspecified atom stereocenters. The number of carbonyl (C=O) groups excluding carboxylic acids is 1. The molecule has 0 aliphatic carbocycles. The van der Waals surface area contributed by atoms with E-state index in [2.05, 4.69) is 21.8 Å². The zero-order valence-corrected chi connectivity index (χ0v) is 17.4. The van der Waals surface area contributed by atoms with Crippen LogP contribution in [0.5, 0.6) is 0 Å². The number of nitrogen functional groups attached to an aromatic ring is 1. The number of rotatable bonds is 4. The van der Waals surface area contributed by atoms with Gasteiger partial charge < -0.3 is 21.7 Å². The van der Waals surface area contributed by atoms with E-state index in [0.29, 0.717) is 5.56 Å². The van der Waals surface area contributed by atoms with Gasteiger partial charge in [-0.15, -0.1) is 0 Å². The Kier molecular flexibility index (Phi) is 6.35. The van der Waals surface area contributed by atoms with Gasteiger partial charge in [0.25, 0.3) is 11.5 Å². The minimum absolute atomic E-state index is 0.0178. The third kappa shape index (κ3) is 4.62. The molecule has 6 N–H and O–H groups in total. The van der Waals surface area contributed by atoms with E-state index in [9.17, 15) is 28.2 Å². The summed E-state index contributed by atoms with van der Waals surface area (Å²) in [6.45, 7) is 6.67. The summed E-state index contributed by atoms with van der Waals surface area (Å²) >= 11 is 0. The van der Waals surface area contributed by atoms with Gasteiger partial charge in [0, 0.05) is 11.1 Å². The molecule has 0 saturated heterocycles. The number of hydrogen-bond acceptors (Lipinski definition) is 6. The van der Waals surface area contributed by atoms with E-state index >= 15 is 0 Å². The lowest BCUT2D eigenvalue weighted by Crippen LogP contribution is -2.52. The van der Waals surface area contributed by atoms with Crippen molar-refractivity contribution in [2.24, 2.45) is 11.7 Å². The summed E-state index contributed by atoms with van der Waals surface area (Å²) in [6, 6.07) is 3.22. The standard InChI is InChI=1S/C21H23F3N4O3/c1-11(2)19(4,30)8-7-15-17(25)27-10-16(28-15)14-9-13(6-5-12(14)3)20(31,18(26)29)21(22,23)24/h5-6,9-11,30-31H,1-4H3,(H2,25,27)(H2,26,29). The Morgan fingerprint density at radius 3 is 2.35 bits per heavy atom. The molecule has 0 spiro atoms. The summed E-state index contributed by atoms with van der Waals surface area (Å²) in [4.78, 5) is 19.7. The second-order valence-corrected chi connectivity index (χ2v) is 7.64. The van der Waals surface area contributed by atoms with Crippen LogP contribution >= 0.6 is 0 Å². The van der Waals surface area contributed by atoms with Gasteiger partial charge in [-0.3, -0.25) is 4.79 Å². The van der Waals surface area contributed by atoms with Crippen molar-refractivity contribution < 1.29 is 28.2 Å². The van der Waals surface area contributed by atoms with Crippen molar-refractivity contribution in [1.82, 2.24) is 9.97 Å². The average Bonchev–Trinajstić information content (AvgIpc) is 2.66. The Hall–Kier alpha value is -3.16. The van der Waals surface area contributed by atoms with Crippen LogP contribution in [0, 0.1) is 24.7 Å². The van der Waals surface area contributed by atoms with Crippen molar-refractivity contribution in [3.63, 3.8) is 0 Å². The summed E-state index contributed by atoms with van der Waals surface area (Å²) in [5, 5.41) is 20.4. The van der Waals surface area contributed by atoms with E-state index in [-0.39, 0.29) is 28.7 Å². The lowest BCUT2D eigenvalue weighted by molar-refractivity contribution is -0.255. The molecule has 0 aliphatic rings. The zero-order valence-electron chi connectivity index (χ0n) is 17.4. The number of aryl methyl sites for hydroxylation is 1. The fraction of sp³-hybridized carbons (Fsp3) is 0.381. The molecule has 0 saturated carbocycles. The van der Waals surface area contributed by atoms with Gasteiger partial charge in [-0.25, -0.2) is 9.97 Å². The lowest BCUT2D eigenvalue weighted by Gasteiger charge is -2.28. The first-order chi connectivity index (χ1) is 14.1. The smallest absolute Gasteiger partial charge is 0.381 e. The molecule has 0 fully saturated rings. The van der Waals surface area contributed by atoms with E-state index in [1.807, 2.05) is 0 Å². The first-order valence-corrected chi connectivity index (χ1v) is 9.19. The van der Waals surface area contributed by atoms with Crippen molar-refractivity contribution in [1.29, 1.82) is 0 Å². The number of halogens is 3. The highest BCUT2D eigenvalue weighted by molar-refractivity contribution is 5.86. The van der Waals surface area contributed by atoms with Crippen LogP contribution in [0.2, 0.25) is 0 Å². The molecule has 1 aromatic carbocycles. The average molecular weight is 436 g/mol. The third-order valence-electron chi connectivity index (χ3n) is 5.06. The molecule has 1 amide bonds. The number of carbonyl (C=O) groups is 1. The van der Waals surface area contributed by atoms with Gasteiger partial charge >= 0.3 is 6.18 Å². The summed E-state index contributed by atoms with van der Waals surface area (Å²) < 4.78 is 40.3. The molecule has 2 aromatic rings.